The van der Waals surface area contributed by atoms with E-state index in [0.29, 0.717) is 28.2 Å². The minimum absolute atomic E-state index is 0.00636. The van der Waals surface area contributed by atoms with Crippen molar-refractivity contribution >= 4 is 12.2 Å². The average Bonchev–Trinajstić information content (AvgIpc) is 3.27. The van der Waals surface area contributed by atoms with E-state index >= 15 is 0 Å². The molecule has 0 radical (unpaired) electrons. The van der Waals surface area contributed by atoms with Crippen LogP contribution < -0.4 is 14.2 Å². The van der Waals surface area contributed by atoms with Crippen molar-refractivity contribution in [3.63, 3.8) is 0 Å². The molecule has 8 heteroatoms. The van der Waals surface area contributed by atoms with Crippen molar-refractivity contribution in [3.8, 4) is 46.0 Å². The van der Waals surface area contributed by atoms with Crippen LogP contribution in [0.4, 0.5) is 0 Å². The van der Waals surface area contributed by atoms with Crippen molar-refractivity contribution < 1.29 is 39.7 Å². The second kappa shape index (κ2) is 9.82. The van der Waals surface area contributed by atoms with Gasteiger partial charge in [-0.2, -0.15) is 0 Å². The molecular formula is C30H26O8. The maximum atomic E-state index is 10.5. The molecule has 194 valence electrons. The molecule has 0 spiro atoms. The first-order valence-corrected chi connectivity index (χ1v) is 11.8. The second-order valence-electron chi connectivity index (χ2n) is 8.94. The third-order valence-corrected chi connectivity index (χ3v) is 6.50. The highest BCUT2D eigenvalue weighted by molar-refractivity contribution is 5.76. The van der Waals surface area contributed by atoms with E-state index in [1.807, 2.05) is 12.2 Å². The van der Waals surface area contributed by atoms with Gasteiger partial charge in [-0.25, -0.2) is 0 Å². The highest BCUT2D eigenvalue weighted by Gasteiger charge is 2.39. The zero-order valence-electron chi connectivity index (χ0n) is 20.6. The highest BCUT2D eigenvalue weighted by Crippen LogP contribution is 2.53. The van der Waals surface area contributed by atoms with Gasteiger partial charge in [-0.1, -0.05) is 24.3 Å². The molecule has 0 saturated heterocycles. The zero-order chi connectivity index (χ0) is 27.0. The van der Waals surface area contributed by atoms with Crippen LogP contribution in [0.2, 0.25) is 0 Å². The lowest BCUT2D eigenvalue weighted by molar-refractivity contribution is 0.221. The lowest BCUT2D eigenvalue weighted by Gasteiger charge is -2.22. The number of benzene rings is 4. The van der Waals surface area contributed by atoms with E-state index in [2.05, 4.69) is 0 Å². The molecule has 1 aliphatic rings. The lowest BCUT2D eigenvalue weighted by atomic mass is 9.82. The van der Waals surface area contributed by atoms with Crippen LogP contribution in [0, 0.1) is 0 Å². The van der Waals surface area contributed by atoms with Crippen molar-refractivity contribution in [1.82, 2.24) is 0 Å². The molecule has 5 N–H and O–H groups in total. The van der Waals surface area contributed by atoms with Crippen LogP contribution >= 0.6 is 0 Å². The number of hydrogen-bond donors (Lipinski definition) is 5. The Hall–Kier alpha value is -4.98. The minimum Gasteiger partial charge on any atom is -0.508 e. The Kier molecular flexibility index (Phi) is 6.38. The van der Waals surface area contributed by atoms with Crippen molar-refractivity contribution in [2.45, 2.75) is 12.0 Å². The first kappa shape index (κ1) is 24.7. The number of phenolic OH excluding ortho intramolecular Hbond substituents is 5. The van der Waals surface area contributed by atoms with Gasteiger partial charge in [0.15, 0.2) is 23.0 Å². The van der Waals surface area contributed by atoms with Crippen LogP contribution in [0.1, 0.15) is 39.8 Å². The van der Waals surface area contributed by atoms with Gasteiger partial charge in [0.25, 0.3) is 0 Å². The molecule has 1 heterocycles. The van der Waals surface area contributed by atoms with E-state index in [4.69, 9.17) is 14.2 Å². The molecule has 0 saturated carbocycles. The number of fused-ring (bicyclic) bond motifs is 1. The summed E-state index contributed by atoms with van der Waals surface area (Å²) in [7, 11) is 2.92. The standard InChI is InChI=1S/C30H26O8/c1-36-25-9-16(4-7-23(25)34)3-5-17-10-22(33)15-27-28(17)29(19-11-20(31)14-21(32)12-19)30(38-27)18-6-8-24(35)26(13-18)37-2/h3-15,29-35H,1-2H3/b5-3+. The van der Waals surface area contributed by atoms with Gasteiger partial charge in [0.1, 0.15) is 29.1 Å². The molecule has 4 aromatic rings. The van der Waals surface area contributed by atoms with Gasteiger partial charge in [-0.3, -0.25) is 0 Å². The van der Waals surface area contributed by atoms with Crippen molar-refractivity contribution in [3.05, 3.63) is 94.5 Å². The molecule has 0 bridgehead atoms. The lowest BCUT2D eigenvalue weighted by Crippen LogP contribution is -2.12. The summed E-state index contributed by atoms with van der Waals surface area (Å²) in [5.74, 6) is 0.286. The molecule has 38 heavy (non-hydrogen) atoms. The minimum atomic E-state index is -0.636. The fourth-order valence-electron chi connectivity index (χ4n) is 4.81. The third kappa shape index (κ3) is 4.59. The molecule has 5 rings (SSSR count). The van der Waals surface area contributed by atoms with E-state index in [1.165, 1.54) is 38.5 Å². The summed E-state index contributed by atoms with van der Waals surface area (Å²) in [5, 5.41) is 51.1. The van der Waals surface area contributed by atoms with Crippen LogP contribution in [0.15, 0.2) is 66.7 Å². The van der Waals surface area contributed by atoms with Crippen molar-refractivity contribution in [2.75, 3.05) is 14.2 Å². The summed E-state index contributed by atoms with van der Waals surface area (Å²) in [5.41, 5.74) is 3.40. The van der Waals surface area contributed by atoms with Crippen LogP contribution in [0.3, 0.4) is 0 Å². The predicted molar refractivity (Wildman–Crippen MR) is 141 cm³/mol. The van der Waals surface area contributed by atoms with Gasteiger partial charge in [-0.05, 0) is 64.7 Å². The number of methoxy groups -OCH3 is 2. The fourth-order valence-corrected chi connectivity index (χ4v) is 4.81. The maximum Gasteiger partial charge on any atom is 0.161 e. The Morgan fingerprint density at radius 1 is 0.658 bits per heavy atom. The molecule has 0 fully saturated rings. The van der Waals surface area contributed by atoms with E-state index in [1.54, 1.807) is 42.5 Å². The van der Waals surface area contributed by atoms with Crippen molar-refractivity contribution in [2.24, 2.45) is 0 Å². The summed E-state index contributed by atoms with van der Waals surface area (Å²) in [6, 6.07) is 17.3. The topological polar surface area (TPSA) is 129 Å². The summed E-state index contributed by atoms with van der Waals surface area (Å²) < 4.78 is 16.9. The van der Waals surface area contributed by atoms with Crippen LogP contribution in [0.25, 0.3) is 12.2 Å². The van der Waals surface area contributed by atoms with Crippen LogP contribution in [-0.4, -0.2) is 39.8 Å². The maximum absolute atomic E-state index is 10.5. The molecule has 2 atom stereocenters. The van der Waals surface area contributed by atoms with Crippen LogP contribution in [0.5, 0.6) is 46.0 Å². The van der Waals surface area contributed by atoms with Gasteiger partial charge < -0.3 is 39.7 Å². The van der Waals surface area contributed by atoms with E-state index in [-0.39, 0.29) is 34.5 Å². The molecule has 0 aliphatic carbocycles. The van der Waals surface area contributed by atoms with Crippen LogP contribution in [-0.2, 0) is 0 Å². The summed E-state index contributed by atoms with van der Waals surface area (Å²) in [6.07, 6.45) is 2.98. The number of ether oxygens (including phenoxy) is 3. The number of rotatable bonds is 6. The largest absolute Gasteiger partial charge is 0.508 e. The van der Waals surface area contributed by atoms with Gasteiger partial charge in [0, 0.05) is 17.7 Å². The Morgan fingerprint density at radius 3 is 1.97 bits per heavy atom. The molecular weight excluding hydrogens is 488 g/mol. The summed E-state index contributed by atoms with van der Waals surface area (Å²) in [6.45, 7) is 0. The normalized spacial score (nSPS) is 16.3. The monoisotopic (exact) mass is 514 g/mol. The van der Waals surface area contributed by atoms with Gasteiger partial charge in [0.05, 0.1) is 20.1 Å². The quantitative estimate of drug-likeness (QED) is 0.208. The number of phenols is 5. The van der Waals surface area contributed by atoms with E-state index < -0.39 is 12.0 Å². The Bertz CT molecular complexity index is 1520. The molecule has 0 amide bonds. The van der Waals surface area contributed by atoms with E-state index in [9.17, 15) is 25.5 Å². The number of aromatic hydroxyl groups is 5. The predicted octanol–water partition coefficient (Wildman–Crippen LogP) is 5.67. The molecule has 1 aliphatic heterocycles. The SMILES string of the molecule is COc1cc(/C=C/c2cc(O)cc3c2C(c2cc(O)cc(O)c2)C(c2ccc(O)c(OC)c2)O3)ccc1O. The first-order chi connectivity index (χ1) is 18.3. The number of hydrogen-bond acceptors (Lipinski definition) is 8. The van der Waals surface area contributed by atoms with Crippen molar-refractivity contribution in [1.29, 1.82) is 0 Å². The average molecular weight is 515 g/mol. The Morgan fingerprint density at radius 2 is 1.29 bits per heavy atom. The fraction of sp³-hybridized carbons (Fsp3) is 0.133. The van der Waals surface area contributed by atoms with Gasteiger partial charge >= 0.3 is 0 Å². The Balaban J connectivity index is 1.67. The smallest absolute Gasteiger partial charge is 0.161 e. The summed E-state index contributed by atoms with van der Waals surface area (Å²) >= 11 is 0. The first-order valence-electron chi connectivity index (χ1n) is 11.8. The molecule has 4 aromatic carbocycles. The van der Waals surface area contributed by atoms with E-state index in [0.717, 1.165) is 11.1 Å². The molecule has 0 aromatic heterocycles. The highest BCUT2D eigenvalue weighted by atomic mass is 16.5. The third-order valence-electron chi connectivity index (χ3n) is 6.50. The Labute approximate surface area is 218 Å². The zero-order valence-corrected chi connectivity index (χ0v) is 20.6. The molecule has 8 nitrogen and oxygen atoms in total. The summed E-state index contributed by atoms with van der Waals surface area (Å²) in [4.78, 5) is 0. The second-order valence-corrected chi connectivity index (χ2v) is 8.94. The molecule has 2 unspecified atom stereocenters. The van der Waals surface area contributed by atoms with Gasteiger partial charge in [0.2, 0.25) is 0 Å². The van der Waals surface area contributed by atoms with Gasteiger partial charge in [-0.15, -0.1) is 0 Å².